The number of hydrogen-bond acceptors (Lipinski definition) is 3. The molecule has 0 aromatic carbocycles. The van der Waals surface area contributed by atoms with Gasteiger partial charge in [-0.2, -0.15) is 0 Å². The van der Waals surface area contributed by atoms with E-state index >= 15 is 0 Å². The zero-order valence-electron chi connectivity index (χ0n) is 38.1. The molecule has 328 valence electrons. The first kappa shape index (κ1) is 52.4. The van der Waals surface area contributed by atoms with E-state index in [2.05, 4.69) is 34.6 Å². The van der Waals surface area contributed by atoms with Crippen LogP contribution in [-0.2, 0) is 9.59 Å². The molecule has 1 aliphatic rings. The Hall–Kier alpha value is -1.62. The number of carbonyl (C=O) groups is 2. The minimum Gasteiger partial charge on any atom is -0.480 e. The summed E-state index contributed by atoms with van der Waals surface area (Å²) in [5.74, 6) is -3.32. The molecule has 0 bridgehead atoms. The van der Waals surface area contributed by atoms with E-state index in [0.717, 1.165) is 44.1 Å². The lowest BCUT2D eigenvalue weighted by Gasteiger charge is -2.43. The van der Waals surface area contributed by atoms with Gasteiger partial charge in [0.05, 0.1) is 5.60 Å². The third-order valence-corrected chi connectivity index (χ3v) is 13.1. The Morgan fingerprint density at radius 3 is 1.16 bits per heavy atom. The number of carboxylic acid groups (broad SMARTS) is 2. The summed E-state index contributed by atoms with van der Waals surface area (Å²) in [5.41, 5.74) is -2.46. The lowest BCUT2D eigenvalue weighted by molar-refractivity contribution is -0.169. The van der Waals surface area contributed by atoms with Gasteiger partial charge in [-0.15, -0.1) is 0 Å². The molecule has 0 amide bonds. The van der Waals surface area contributed by atoms with Crippen LogP contribution in [0.25, 0.3) is 0 Å². The summed E-state index contributed by atoms with van der Waals surface area (Å²) in [7, 11) is 0. The standard InChI is InChI=1S/C51H94O5/c1-7-9-11-13-15-17-19-21-23-25-27-29-31-33-35-37-39-45(44-40-42-50(6,56)46(43-44)49(3,4)5)51(47(52)53,48(54)55)41-38-36-34-32-30-28-26-24-22-20-18-16-14-12-10-8-2/h40,42-43,45-46,56H,7-39,41H2,1-6H3,(H,52,53)(H,54,55). The van der Waals surface area contributed by atoms with Crippen molar-refractivity contribution in [3.63, 3.8) is 0 Å². The van der Waals surface area contributed by atoms with Gasteiger partial charge >= 0.3 is 11.9 Å². The molecule has 0 aromatic heterocycles. The van der Waals surface area contributed by atoms with Crippen LogP contribution in [0.15, 0.2) is 23.8 Å². The Bertz CT molecular complexity index is 1040. The maximum atomic E-state index is 13.2. The number of carboxylic acids is 2. The largest absolute Gasteiger partial charge is 0.480 e. The molecule has 5 heteroatoms. The summed E-state index contributed by atoms with van der Waals surface area (Å²) in [5, 5.41) is 32.9. The third kappa shape index (κ3) is 21.9. The number of allylic oxidation sites excluding steroid dienone is 2. The minimum absolute atomic E-state index is 0.140. The molecule has 0 radical (unpaired) electrons. The molecule has 1 rings (SSSR count). The van der Waals surface area contributed by atoms with Crippen molar-refractivity contribution in [2.24, 2.45) is 22.7 Å². The van der Waals surface area contributed by atoms with E-state index in [1.807, 2.05) is 12.2 Å². The Morgan fingerprint density at radius 2 is 0.857 bits per heavy atom. The zero-order valence-corrected chi connectivity index (χ0v) is 38.1. The molecule has 3 unspecified atom stereocenters. The van der Waals surface area contributed by atoms with E-state index < -0.39 is 28.9 Å². The van der Waals surface area contributed by atoms with E-state index in [1.165, 1.54) is 161 Å². The number of aliphatic hydroxyl groups is 1. The normalized spacial score (nSPS) is 18.0. The molecule has 0 heterocycles. The maximum absolute atomic E-state index is 13.2. The van der Waals surface area contributed by atoms with Crippen LogP contribution in [0, 0.1) is 22.7 Å². The second-order valence-electron chi connectivity index (χ2n) is 19.3. The van der Waals surface area contributed by atoms with E-state index in [9.17, 15) is 24.9 Å². The highest BCUT2D eigenvalue weighted by atomic mass is 16.4. The lowest BCUT2D eigenvalue weighted by Crippen LogP contribution is -2.48. The van der Waals surface area contributed by atoms with Gasteiger partial charge in [0.1, 0.15) is 0 Å². The van der Waals surface area contributed by atoms with Crippen LogP contribution in [0.5, 0.6) is 0 Å². The van der Waals surface area contributed by atoms with Gasteiger partial charge in [-0.05, 0) is 30.8 Å². The van der Waals surface area contributed by atoms with Gasteiger partial charge < -0.3 is 15.3 Å². The van der Waals surface area contributed by atoms with Crippen LogP contribution < -0.4 is 0 Å². The SMILES string of the molecule is CCCCCCCCCCCCCCCCCCC(C1=CC(C(C)(C)C)C(C)(O)C=C1)C(CCCCCCCCCCCCCCCCCC)(C(=O)O)C(=O)O. The van der Waals surface area contributed by atoms with E-state index in [1.54, 1.807) is 13.0 Å². The van der Waals surface area contributed by atoms with Gasteiger partial charge in [-0.25, -0.2) is 0 Å². The Morgan fingerprint density at radius 1 is 0.554 bits per heavy atom. The molecule has 0 aromatic rings. The van der Waals surface area contributed by atoms with Crippen molar-refractivity contribution < 1.29 is 24.9 Å². The summed E-state index contributed by atoms with van der Waals surface area (Å²) in [6.07, 6.45) is 46.2. The molecule has 56 heavy (non-hydrogen) atoms. The quantitative estimate of drug-likeness (QED) is 0.0428. The summed E-state index contributed by atoms with van der Waals surface area (Å²) >= 11 is 0. The van der Waals surface area contributed by atoms with Crippen LogP contribution in [0.1, 0.15) is 260 Å². The Labute approximate surface area is 347 Å². The molecule has 0 saturated heterocycles. The Balaban J connectivity index is 2.68. The maximum Gasteiger partial charge on any atom is 0.321 e. The van der Waals surface area contributed by atoms with Crippen LogP contribution in [0.2, 0.25) is 0 Å². The predicted octanol–water partition coefficient (Wildman–Crippen LogP) is 16.0. The highest BCUT2D eigenvalue weighted by molar-refractivity contribution is 5.99. The van der Waals surface area contributed by atoms with Crippen LogP contribution in [0.3, 0.4) is 0 Å². The van der Waals surface area contributed by atoms with Gasteiger partial charge in [-0.1, -0.05) is 258 Å². The molecule has 0 saturated carbocycles. The number of aliphatic carboxylic acids is 2. The molecule has 0 aliphatic heterocycles. The van der Waals surface area contributed by atoms with Crippen molar-refractivity contribution in [3.05, 3.63) is 23.8 Å². The van der Waals surface area contributed by atoms with E-state index in [-0.39, 0.29) is 17.8 Å². The van der Waals surface area contributed by atoms with Crippen LogP contribution in [0.4, 0.5) is 0 Å². The number of hydrogen-bond donors (Lipinski definition) is 3. The molecule has 0 fully saturated rings. The molecule has 3 atom stereocenters. The minimum atomic E-state index is -1.88. The molecule has 0 spiro atoms. The predicted molar refractivity (Wildman–Crippen MR) is 240 cm³/mol. The van der Waals surface area contributed by atoms with Crippen LogP contribution in [-0.4, -0.2) is 32.9 Å². The molecule has 1 aliphatic carbocycles. The summed E-state index contributed by atoms with van der Waals surface area (Å²) in [6.45, 7) is 12.6. The highest BCUT2D eigenvalue weighted by Crippen LogP contribution is 2.48. The highest BCUT2D eigenvalue weighted by Gasteiger charge is 2.54. The number of rotatable bonds is 38. The van der Waals surface area contributed by atoms with Gasteiger partial charge in [0.2, 0.25) is 0 Å². The Kier molecular flexibility index (Phi) is 29.3. The summed E-state index contributed by atoms with van der Waals surface area (Å²) in [6, 6.07) is 0. The molecular formula is C51H94O5. The fourth-order valence-electron chi connectivity index (χ4n) is 9.47. The van der Waals surface area contributed by atoms with Gasteiger partial charge in [0.25, 0.3) is 0 Å². The van der Waals surface area contributed by atoms with Gasteiger partial charge in [0.15, 0.2) is 5.41 Å². The first-order valence-electron chi connectivity index (χ1n) is 24.4. The molecular weight excluding hydrogens is 693 g/mol. The van der Waals surface area contributed by atoms with Crippen molar-refractivity contribution in [1.29, 1.82) is 0 Å². The first-order valence-corrected chi connectivity index (χ1v) is 24.4. The van der Waals surface area contributed by atoms with E-state index in [0.29, 0.717) is 12.8 Å². The average molecular weight is 787 g/mol. The van der Waals surface area contributed by atoms with Gasteiger partial charge in [-0.3, -0.25) is 9.59 Å². The zero-order chi connectivity index (χ0) is 41.5. The van der Waals surface area contributed by atoms with Crippen molar-refractivity contribution in [1.82, 2.24) is 0 Å². The lowest BCUT2D eigenvalue weighted by atomic mass is 9.62. The first-order chi connectivity index (χ1) is 26.8. The second-order valence-corrected chi connectivity index (χ2v) is 19.3. The van der Waals surface area contributed by atoms with Crippen molar-refractivity contribution in [2.75, 3.05) is 0 Å². The van der Waals surface area contributed by atoms with E-state index in [4.69, 9.17) is 0 Å². The van der Waals surface area contributed by atoms with Crippen molar-refractivity contribution in [2.45, 2.75) is 265 Å². The topological polar surface area (TPSA) is 94.8 Å². The number of unbranched alkanes of at least 4 members (excludes halogenated alkanes) is 30. The van der Waals surface area contributed by atoms with Gasteiger partial charge in [0, 0.05) is 11.8 Å². The molecule has 5 nitrogen and oxygen atoms in total. The monoisotopic (exact) mass is 787 g/mol. The van der Waals surface area contributed by atoms with Crippen molar-refractivity contribution in [3.8, 4) is 0 Å². The fraction of sp³-hybridized carbons (Fsp3) is 0.882. The fourth-order valence-corrected chi connectivity index (χ4v) is 9.47. The average Bonchev–Trinajstić information content (AvgIpc) is 3.14. The molecule has 3 N–H and O–H groups in total. The smallest absolute Gasteiger partial charge is 0.321 e. The van der Waals surface area contributed by atoms with Crippen LogP contribution >= 0.6 is 0 Å². The third-order valence-electron chi connectivity index (χ3n) is 13.1. The second kappa shape index (κ2) is 31.3. The van der Waals surface area contributed by atoms with Crippen molar-refractivity contribution >= 4 is 11.9 Å². The summed E-state index contributed by atoms with van der Waals surface area (Å²) in [4.78, 5) is 26.5. The summed E-state index contributed by atoms with van der Waals surface area (Å²) < 4.78 is 0.